The second-order valence-corrected chi connectivity index (χ2v) is 5.63. The van der Waals surface area contributed by atoms with Gasteiger partial charge in [0, 0.05) is 11.1 Å². The summed E-state index contributed by atoms with van der Waals surface area (Å²) in [5.74, 6) is 0. The Labute approximate surface area is 127 Å². The molecule has 20 heavy (non-hydrogen) atoms. The third kappa shape index (κ3) is 4.99. The Morgan fingerprint density at radius 2 is 1.75 bits per heavy atom. The summed E-state index contributed by atoms with van der Waals surface area (Å²) in [6.07, 6.45) is 4.56. The first-order valence-electron chi connectivity index (χ1n) is 7.23. The summed E-state index contributed by atoms with van der Waals surface area (Å²) in [7, 11) is 2.04. The molecule has 0 amide bonds. The normalized spacial score (nSPS) is 12.3. The van der Waals surface area contributed by atoms with Crippen molar-refractivity contribution in [2.45, 2.75) is 31.7 Å². The molecular weight excluding hydrogens is 266 g/mol. The first-order valence-corrected chi connectivity index (χ1v) is 7.61. The zero-order chi connectivity index (χ0) is 14.2. The highest BCUT2D eigenvalue weighted by Crippen LogP contribution is 2.14. The maximum atomic E-state index is 6.04. The summed E-state index contributed by atoms with van der Waals surface area (Å²) in [4.78, 5) is 0. The van der Waals surface area contributed by atoms with Gasteiger partial charge in [-0.3, -0.25) is 0 Å². The Morgan fingerprint density at radius 1 is 1.00 bits per heavy atom. The van der Waals surface area contributed by atoms with Crippen molar-refractivity contribution >= 4 is 11.6 Å². The fourth-order valence-corrected chi connectivity index (χ4v) is 2.71. The predicted molar refractivity (Wildman–Crippen MR) is 87.4 cm³/mol. The Bertz CT molecular complexity index is 510. The van der Waals surface area contributed by atoms with Gasteiger partial charge >= 0.3 is 0 Å². The molecule has 0 heterocycles. The van der Waals surface area contributed by atoms with Crippen LogP contribution in [-0.2, 0) is 12.8 Å². The number of hydrogen-bond donors (Lipinski definition) is 1. The quantitative estimate of drug-likeness (QED) is 0.791. The molecule has 1 atom stereocenters. The number of rotatable bonds is 7. The van der Waals surface area contributed by atoms with E-state index in [1.165, 1.54) is 24.0 Å². The first kappa shape index (κ1) is 15.1. The zero-order valence-corrected chi connectivity index (χ0v) is 12.7. The second-order valence-electron chi connectivity index (χ2n) is 5.20. The molecule has 0 aliphatic rings. The summed E-state index contributed by atoms with van der Waals surface area (Å²) in [5.41, 5.74) is 2.72. The molecule has 0 radical (unpaired) electrons. The predicted octanol–water partition coefficient (Wildman–Crippen LogP) is 4.49. The summed E-state index contributed by atoms with van der Waals surface area (Å²) in [5, 5.41) is 4.23. The van der Waals surface area contributed by atoms with E-state index in [-0.39, 0.29) is 0 Å². The molecule has 0 bridgehead atoms. The van der Waals surface area contributed by atoms with E-state index in [2.05, 4.69) is 47.8 Å². The van der Waals surface area contributed by atoms with E-state index in [1.807, 2.05) is 19.2 Å². The van der Waals surface area contributed by atoms with Crippen LogP contribution in [0.4, 0.5) is 0 Å². The van der Waals surface area contributed by atoms with E-state index in [9.17, 15) is 0 Å². The van der Waals surface area contributed by atoms with Crippen LogP contribution in [0.5, 0.6) is 0 Å². The van der Waals surface area contributed by atoms with Crippen LogP contribution in [0.2, 0.25) is 5.02 Å². The average molecular weight is 288 g/mol. The van der Waals surface area contributed by atoms with Gasteiger partial charge in [-0.2, -0.15) is 0 Å². The number of halogens is 1. The van der Waals surface area contributed by atoms with Gasteiger partial charge in [-0.05, 0) is 56.0 Å². The van der Waals surface area contributed by atoms with E-state index >= 15 is 0 Å². The first-order chi connectivity index (χ1) is 9.78. The third-order valence-electron chi connectivity index (χ3n) is 3.64. The molecule has 2 rings (SSSR count). The fourth-order valence-electron chi connectivity index (χ4n) is 2.49. The molecule has 0 aliphatic carbocycles. The molecule has 0 aromatic heterocycles. The zero-order valence-electron chi connectivity index (χ0n) is 12.0. The van der Waals surface area contributed by atoms with Crippen LogP contribution in [-0.4, -0.2) is 13.1 Å². The Kier molecular flexibility index (Phi) is 6.10. The van der Waals surface area contributed by atoms with Gasteiger partial charge in [0.2, 0.25) is 0 Å². The van der Waals surface area contributed by atoms with Gasteiger partial charge < -0.3 is 5.32 Å². The van der Waals surface area contributed by atoms with Crippen molar-refractivity contribution in [3.63, 3.8) is 0 Å². The van der Waals surface area contributed by atoms with E-state index in [4.69, 9.17) is 11.6 Å². The second kappa shape index (κ2) is 8.08. The SMILES string of the molecule is CNC(CCCc1ccccc1)Cc1cccc(Cl)c1. The van der Waals surface area contributed by atoms with Crippen LogP contribution in [0, 0.1) is 0 Å². The molecule has 2 heteroatoms. The molecule has 0 fully saturated rings. The molecule has 1 nitrogen and oxygen atoms in total. The number of benzene rings is 2. The van der Waals surface area contributed by atoms with E-state index in [0.29, 0.717) is 6.04 Å². The van der Waals surface area contributed by atoms with Crippen LogP contribution in [0.15, 0.2) is 54.6 Å². The van der Waals surface area contributed by atoms with Crippen molar-refractivity contribution in [1.82, 2.24) is 5.32 Å². The van der Waals surface area contributed by atoms with Gasteiger partial charge in [0.25, 0.3) is 0 Å². The van der Waals surface area contributed by atoms with Crippen LogP contribution < -0.4 is 5.32 Å². The Balaban J connectivity index is 1.80. The highest BCUT2D eigenvalue weighted by Gasteiger charge is 2.07. The lowest BCUT2D eigenvalue weighted by atomic mass is 9.99. The average Bonchev–Trinajstić information content (AvgIpc) is 2.47. The van der Waals surface area contributed by atoms with Crippen LogP contribution in [0.1, 0.15) is 24.0 Å². The minimum absolute atomic E-state index is 0.511. The van der Waals surface area contributed by atoms with Crippen LogP contribution in [0.25, 0.3) is 0 Å². The minimum atomic E-state index is 0.511. The molecule has 2 aromatic carbocycles. The molecule has 1 N–H and O–H groups in total. The molecule has 0 saturated heterocycles. The summed E-state index contributed by atoms with van der Waals surface area (Å²) >= 11 is 6.04. The molecule has 1 unspecified atom stereocenters. The standard InChI is InChI=1S/C18H22ClN/c1-20-18(14-16-10-5-11-17(19)13-16)12-6-9-15-7-3-2-4-8-15/h2-5,7-8,10-11,13,18,20H,6,9,12,14H2,1H3. The summed E-state index contributed by atoms with van der Waals surface area (Å²) in [6, 6.07) is 19.3. The maximum Gasteiger partial charge on any atom is 0.0408 e. The van der Waals surface area contributed by atoms with Gasteiger partial charge in [0.15, 0.2) is 0 Å². The van der Waals surface area contributed by atoms with Gasteiger partial charge in [-0.1, -0.05) is 54.1 Å². The number of aryl methyl sites for hydroxylation is 1. The number of likely N-dealkylation sites (N-methyl/N-ethyl adjacent to an activating group) is 1. The molecule has 0 aliphatic heterocycles. The lowest BCUT2D eigenvalue weighted by Gasteiger charge is -2.16. The lowest BCUT2D eigenvalue weighted by molar-refractivity contribution is 0.502. The van der Waals surface area contributed by atoms with Gasteiger partial charge in [-0.15, -0.1) is 0 Å². The third-order valence-corrected chi connectivity index (χ3v) is 3.88. The molecular formula is C18H22ClN. The number of nitrogens with one attached hydrogen (secondary N) is 1. The van der Waals surface area contributed by atoms with Crippen molar-refractivity contribution in [3.05, 3.63) is 70.7 Å². The summed E-state index contributed by atoms with van der Waals surface area (Å²) < 4.78 is 0. The van der Waals surface area contributed by atoms with Gasteiger partial charge in [0.05, 0.1) is 0 Å². The maximum absolute atomic E-state index is 6.04. The fraction of sp³-hybridized carbons (Fsp3) is 0.333. The Hall–Kier alpha value is -1.31. The van der Waals surface area contributed by atoms with Crippen LogP contribution >= 0.6 is 11.6 Å². The smallest absolute Gasteiger partial charge is 0.0408 e. The van der Waals surface area contributed by atoms with Crippen molar-refractivity contribution in [1.29, 1.82) is 0 Å². The van der Waals surface area contributed by atoms with Gasteiger partial charge in [0.1, 0.15) is 0 Å². The summed E-state index contributed by atoms with van der Waals surface area (Å²) in [6.45, 7) is 0. The van der Waals surface area contributed by atoms with Crippen molar-refractivity contribution in [2.75, 3.05) is 7.05 Å². The van der Waals surface area contributed by atoms with Crippen molar-refractivity contribution in [3.8, 4) is 0 Å². The van der Waals surface area contributed by atoms with Crippen molar-refractivity contribution in [2.24, 2.45) is 0 Å². The highest BCUT2D eigenvalue weighted by molar-refractivity contribution is 6.30. The van der Waals surface area contributed by atoms with Crippen molar-refractivity contribution < 1.29 is 0 Å². The largest absolute Gasteiger partial charge is 0.317 e. The minimum Gasteiger partial charge on any atom is -0.317 e. The molecule has 0 spiro atoms. The number of hydrogen-bond acceptors (Lipinski definition) is 1. The van der Waals surface area contributed by atoms with E-state index in [1.54, 1.807) is 0 Å². The highest BCUT2D eigenvalue weighted by atomic mass is 35.5. The molecule has 2 aromatic rings. The molecule has 0 saturated carbocycles. The lowest BCUT2D eigenvalue weighted by Crippen LogP contribution is -2.27. The molecule has 106 valence electrons. The van der Waals surface area contributed by atoms with Crippen LogP contribution in [0.3, 0.4) is 0 Å². The van der Waals surface area contributed by atoms with E-state index in [0.717, 1.165) is 17.9 Å². The van der Waals surface area contributed by atoms with Gasteiger partial charge in [-0.25, -0.2) is 0 Å². The topological polar surface area (TPSA) is 12.0 Å². The Morgan fingerprint density at radius 3 is 2.45 bits per heavy atom. The monoisotopic (exact) mass is 287 g/mol. The van der Waals surface area contributed by atoms with E-state index < -0.39 is 0 Å².